The first-order chi connectivity index (χ1) is 29.2. The molecule has 3 N–H and O–H groups in total. The van der Waals surface area contributed by atoms with Crippen LogP contribution >= 0.6 is 0 Å². The van der Waals surface area contributed by atoms with Crippen LogP contribution < -0.4 is 44.4 Å². The summed E-state index contributed by atoms with van der Waals surface area (Å²) < 4.78 is 46.5. The summed E-state index contributed by atoms with van der Waals surface area (Å²) in [6.07, 6.45) is -2.75. The van der Waals surface area contributed by atoms with Crippen molar-refractivity contribution in [2.24, 2.45) is 0 Å². The van der Waals surface area contributed by atoms with Crippen molar-refractivity contribution in [3.05, 3.63) is 83.4 Å². The average Bonchev–Trinajstić information content (AvgIpc) is 3.25. The molecule has 0 aliphatic heterocycles. The number of benzene rings is 3. The fourth-order valence-corrected chi connectivity index (χ4v) is 5.45. The van der Waals surface area contributed by atoms with Gasteiger partial charge in [-0.05, 0) is 18.2 Å². The molecule has 0 atom stereocenters. The Morgan fingerprint density at radius 2 is 0.689 bits per heavy atom. The van der Waals surface area contributed by atoms with Crippen LogP contribution in [0.1, 0.15) is 16.7 Å². The highest BCUT2D eigenvalue weighted by Crippen LogP contribution is 2.37. The summed E-state index contributed by atoms with van der Waals surface area (Å²) in [5.74, 6) is 0.872. The lowest BCUT2D eigenvalue weighted by Crippen LogP contribution is -2.43. The number of ether oxygens (including phenoxy) is 9. The van der Waals surface area contributed by atoms with Crippen molar-refractivity contribution in [1.82, 2.24) is 20.9 Å². The van der Waals surface area contributed by atoms with Crippen LogP contribution in [0.5, 0.6) is 34.5 Å². The fraction of sp³-hybridized carbons (Fsp3) is 0.417. The van der Waals surface area contributed by atoms with Crippen LogP contribution in [0.25, 0.3) is 0 Å². The molecule has 3 aromatic carbocycles. The number of nitrogens with one attached hydrogen (secondary N) is 3. The number of rotatable bonds is 24. The van der Waals surface area contributed by atoms with Crippen molar-refractivity contribution in [3.63, 3.8) is 0 Å². The van der Waals surface area contributed by atoms with Crippen LogP contribution in [-0.4, -0.2) is 120 Å². The normalized spacial score (nSPS) is 10.5. The fourth-order valence-electron chi connectivity index (χ4n) is 5.45. The van der Waals surface area contributed by atoms with E-state index < -0.39 is 52.9 Å². The summed E-state index contributed by atoms with van der Waals surface area (Å²) in [6.45, 7) is -1.19. The number of alkyl carbamates (subject to hydrolysis) is 3. The zero-order valence-electron chi connectivity index (χ0n) is 34.0. The number of nitrogens with zero attached hydrogens (tertiary/aromatic N) is 4. The number of hydrogen-bond acceptors (Lipinski definition) is 19. The van der Waals surface area contributed by atoms with E-state index in [0.717, 1.165) is 18.2 Å². The second kappa shape index (κ2) is 23.7. The topological polar surface area (TPSA) is 303 Å². The van der Waals surface area contributed by atoms with Gasteiger partial charge in [-0.15, -0.1) is 0 Å². The van der Waals surface area contributed by atoms with Crippen LogP contribution in [0.3, 0.4) is 0 Å². The number of methoxy groups -OCH3 is 6. The minimum atomic E-state index is -0.916. The van der Waals surface area contributed by atoms with Gasteiger partial charge in [0.2, 0.25) is 0 Å². The summed E-state index contributed by atoms with van der Waals surface area (Å²) in [4.78, 5) is 72.3. The van der Waals surface area contributed by atoms with E-state index in [1.54, 1.807) is 4.90 Å². The molecule has 0 saturated heterocycles. The highest BCUT2D eigenvalue weighted by molar-refractivity contribution is 5.68. The Labute approximate surface area is 347 Å². The first kappa shape index (κ1) is 47.8. The Kier molecular flexibility index (Phi) is 18.6. The predicted octanol–water partition coefficient (Wildman–Crippen LogP) is 3.84. The van der Waals surface area contributed by atoms with E-state index in [2.05, 4.69) is 16.0 Å². The van der Waals surface area contributed by atoms with Gasteiger partial charge in [-0.2, -0.15) is 0 Å². The maximum Gasteiger partial charge on any atom is 0.407 e. The Bertz CT molecular complexity index is 1820. The Balaban J connectivity index is 1.62. The molecule has 0 aliphatic rings. The molecule has 3 rings (SSSR count). The van der Waals surface area contributed by atoms with Gasteiger partial charge >= 0.3 is 18.3 Å². The lowest BCUT2D eigenvalue weighted by molar-refractivity contribution is -0.386. The number of nitro groups is 3. The molecule has 0 spiro atoms. The maximum atomic E-state index is 12.6. The highest BCUT2D eigenvalue weighted by Gasteiger charge is 2.24. The van der Waals surface area contributed by atoms with Crippen molar-refractivity contribution in [3.8, 4) is 34.5 Å². The Morgan fingerprint density at radius 3 is 0.902 bits per heavy atom. The van der Waals surface area contributed by atoms with E-state index in [9.17, 15) is 44.7 Å². The molecule has 25 nitrogen and oxygen atoms in total. The molecular formula is C36H45N7O18. The van der Waals surface area contributed by atoms with Gasteiger partial charge in [-0.25, -0.2) is 14.4 Å². The first-order valence-corrected chi connectivity index (χ1v) is 17.8. The molecule has 61 heavy (non-hydrogen) atoms. The average molecular weight is 864 g/mol. The number of carbonyl (C=O) groups is 3. The van der Waals surface area contributed by atoms with E-state index in [-0.39, 0.29) is 108 Å². The van der Waals surface area contributed by atoms with E-state index in [1.165, 1.54) is 60.9 Å². The van der Waals surface area contributed by atoms with Gasteiger partial charge in [0.15, 0.2) is 34.5 Å². The van der Waals surface area contributed by atoms with Crippen LogP contribution in [0.4, 0.5) is 31.4 Å². The Hall–Kier alpha value is -7.57. The monoisotopic (exact) mass is 863 g/mol. The molecule has 0 aromatic heterocycles. The summed E-state index contributed by atoms with van der Waals surface area (Å²) in [5.41, 5.74) is -0.974. The number of nitro benzene ring substituents is 3. The molecular weight excluding hydrogens is 818 g/mol. The van der Waals surface area contributed by atoms with Gasteiger partial charge in [0.1, 0.15) is 19.8 Å². The highest BCUT2D eigenvalue weighted by atomic mass is 16.6. The molecule has 0 aliphatic carbocycles. The SMILES string of the molecule is COc1cc(COC(=O)NCCN(CCNC(=O)OCc2cc(OC)c(OC)cc2[N+](=O)[O-])CCNC(=O)OCc2cc(OC)c(OC)cc2[N+](=O)[O-])c([N+](=O)[O-])cc1OC. The minimum absolute atomic E-state index is 0.0340. The molecule has 3 aromatic rings. The van der Waals surface area contributed by atoms with Gasteiger partial charge in [0, 0.05) is 39.3 Å². The third kappa shape index (κ3) is 14.0. The van der Waals surface area contributed by atoms with Gasteiger partial charge in [-0.3, -0.25) is 35.2 Å². The molecule has 0 fully saturated rings. The zero-order valence-corrected chi connectivity index (χ0v) is 34.0. The van der Waals surface area contributed by atoms with Crippen LogP contribution in [0.2, 0.25) is 0 Å². The first-order valence-electron chi connectivity index (χ1n) is 17.8. The summed E-state index contributed by atoms with van der Waals surface area (Å²) in [5, 5.41) is 42.4. The largest absolute Gasteiger partial charge is 0.493 e. The lowest BCUT2D eigenvalue weighted by atomic mass is 10.1. The van der Waals surface area contributed by atoms with Crippen molar-refractivity contribution in [1.29, 1.82) is 0 Å². The lowest BCUT2D eigenvalue weighted by Gasteiger charge is -2.22. The maximum absolute atomic E-state index is 12.6. The molecule has 3 amide bonds. The number of carbonyl (C=O) groups excluding carboxylic acids is 3. The van der Waals surface area contributed by atoms with E-state index >= 15 is 0 Å². The van der Waals surface area contributed by atoms with Crippen LogP contribution in [0, 0.1) is 30.3 Å². The molecule has 0 heterocycles. The second-order valence-corrected chi connectivity index (χ2v) is 12.1. The predicted molar refractivity (Wildman–Crippen MR) is 210 cm³/mol. The van der Waals surface area contributed by atoms with Crippen molar-refractivity contribution in [2.45, 2.75) is 19.8 Å². The molecule has 0 saturated carbocycles. The van der Waals surface area contributed by atoms with Crippen LogP contribution in [0.15, 0.2) is 36.4 Å². The third-order valence-electron chi connectivity index (χ3n) is 8.51. The van der Waals surface area contributed by atoms with Gasteiger partial charge in [0.05, 0.1) is 92.3 Å². The van der Waals surface area contributed by atoms with Crippen molar-refractivity contribution < 1.29 is 71.8 Å². The van der Waals surface area contributed by atoms with Gasteiger partial charge in [-0.1, -0.05) is 0 Å². The number of hydrogen-bond donors (Lipinski definition) is 3. The molecule has 0 radical (unpaired) electrons. The molecule has 0 bridgehead atoms. The van der Waals surface area contributed by atoms with Crippen LogP contribution in [-0.2, 0) is 34.0 Å². The van der Waals surface area contributed by atoms with Gasteiger partial charge in [0.25, 0.3) is 17.1 Å². The second-order valence-electron chi connectivity index (χ2n) is 12.1. The van der Waals surface area contributed by atoms with E-state index in [0.29, 0.717) is 0 Å². The standard InChI is InChI=1S/C36H45N7O18/c1-53-28-13-22(25(41(47)48)16-31(28)56-4)19-59-34(44)37-7-10-40(11-8-38-35(45)60-20-23-14-29(54-2)32(57-5)17-26(23)42(49)50)12-9-39-36(46)61-21-24-15-30(55-3)33(58-6)18-27(24)43(51)52/h13-18H,7-12,19-21H2,1-6H3,(H,37,44)(H,38,45)(H,39,46). The summed E-state index contributed by atoms with van der Waals surface area (Å²) >= 11 is 0. The van der Waals surface area contributed by atoms with E-state index in [1.807, 2.05) is 0 Å². The quantitative estimate of drug-likeness (QED) is 0.0654. The molecule has 332 valence electrons. The minimum Gasteiger partial charge on any atom is -0.493 e. The summed E-state index contributed by atoms with van der Waals surface area (Å²) in [7, 11) is 7.96. The van der Waals surface area contributed by atoms with Crippen molar-refractivity contribution >= 4 is 35.3 Å². The van der Waals surface area contributed by atoms with E-state index in [4.69, 9.17) is 42.6 Å². The molecule has 25 heteroatoms. The molecule has 0 unspecified atom stereocenters. The Morgan fingerprint density at radius 1 is 0.459 bits per heavy atom. The smallest absolute Gasteiger partial charge is 0.407 e. The zero-order chi connectivity index (χ0) is 45.1. The number of amides is 3. The van der Waals surface area contributed by atoms with Gasteiger partial charge < -0.3 is 58.6 Å². The van der Waals surface area contributed by atoms with Crippen molar-refractivity contribution in [2.75, 3.05) is 81.9 Å². The summed E-state index contributed by atoms with van der Waals surface area (Å²) in [6, 6.07) is 7.35. The third-order valence-corrected chi connectivity index (χ3v) is 8.51.